The largest absolute Gasteiger partial charge is 0.507 e. The number of carbonyl (C=O) groups excluding carboxylic acids is 3. The van der Waals surface area contributed by atoms with Gasteiger partial charge in [-0.1, -0.05) is 36.8 Å². The molecule has 0 aromatic heterocycles. The average Bonchev–Trinajstić information content (AvgIpc) is 2.69. The van der Waals surface area contributed by atoms with Crippen LogP contribution in [-0.2, 0) is 14.3 Å². The number of hydrogen-bond donors (Lipinski definition) is 2. The van der Waals surface area contributed by atoms with E-state index < -0.39 is 18.5 Å². The Morgan fingerprint density at radius 1 is 1.10 bits per heavy atom. The summed E-state index contributed by atoms with van der Waals surface area (Å²) < 4.78 is 5.05. The maximum absolute atomic E-state index is 12.5. The van der Waals surface area contributed by atoms with E-state index in [9.17, 15) is 19.5 Å². The zero-order chi connectivity index (χ0) is 21.4. The maximum Gasteiger partial charge on any atom is 0.342 e. The highest BCUT2D eigenvalue weighted by Crippen LogP contribution is 2.19. The number of aryl methyl sites for hydroxylation is 2. The van der Waals surface area contributed by atoms with Crippen molar-refractivity contribution < 1.29 is 24.2 Å². The van der Waals surface area contributed by atoms with Gasteiger partial charge in [0.25, 0.3) is 5.91 Å². The van der Waals surface area contributed by atoms with E-state index in [2.05, 4.69) is 5.32 Å². The summed E-state index contributed by atoms with van der Waals surface area (Å²) in [5.41, 5.74) is 2.38. The number of ether oxygens (including phenoxy) is 1. The second-order valence-corrected chi connectivity index (χ2v) is 6.78. The van der Waals surface area contributed by atoms with Crippen LogP contribution in [-0.4, -0.2) is 47.5 Å². The zero-order valence-electron chi connectivity index (χ0n) is 16.9. The summed E-state index contributed by atoms with van der Waals surface area (Å²) in [6.45, 7) is 5.24. The minimum Gasteiger partial charge on any atom is -0.507 e. The third kappa shape index (κ3) is 6.34. The number of carbonyl (C=O) groups is 3. The van der Waals surface area contributed by atoms with E-state index in [0.717, 1.165) is 11.1 Å². The third-order valence-electron chi connectivity index (χ3n) is 4.30. The number of rotatable bonds is 8. The predicted molar refractivity (Wildman–Crippen MR) is 110 cm³/mol. The molecule has 7 heteroatoms. The van der Waals surface area contributed by atoms with Gasteiger partial charge in [-0.2, -0.15) is 0 Å². The summed E-state index contributed by atoms with van der Waals surface area (Å²) in [4.78, 5) is 38.3. The van der Waals surface area contributed by atoms with E-state index in [0.29, 0.717) is 18.7 Å². The van der Waals surface area contributed by atoms with Crippen LogP contribution in [0.5, 0.6) is 5.75 Å². The Bertz CT molecular complexity index is 895. The first-order valence-electron chi connectivity index (χ1n) is 9.41. The second kappa shape index (κ2) is 10.3. The molecule has 0 spiro atoms. The van der Waals surface area contributed by atoms with E-state index in [-0.39, 0.29) is 23.8 Å². The number of nitrogens with zero attached hydrogens (tertiary/aromatic N) is 1. The van der Waals surface area contributed by atoms with Crippen molar-refractivity contribution in [3.63, 3.8) is 0 Å². The first-order valence-corrected chi connectivity index (χ1v) is 9.41. The van der Waals surface area contributed by atoms with Crippen molar-refractivity contribution in [2.45, 2.75) is 27.2 Å². The molecule has 0 saturated carbocycles. The van der Waals surface area contributed by atoms with Crippen LogP contribution in [0.2, 0.25) is 0 Å². The number of para-hydroxylation sites is 1. The normalized spacial score (nSPS) is 10.3. The molecule has 0 atom stereocenters. The molecule has 0 fully saturated rings. The van der Waals surface area contributed by atoms with Gasteiger partial charge in [0.05, 0.1) is 6.54 Å². The number of aromatic hydroxyl groups is 1. The minimum atomic E-state index is -0.791. The number of nitrogens with one attached hydrogen (secondary N) is 1. The number of phenolic OH excluding ortho intramolecular Hbond substituents is 1. The molecule has 0 aliphatic heterocycles. The van der Waals surface area contributed by atoms with E-state index in [1.54, 1.807) is 19.1 Å². The van der Waals surface area contributed by atoms with Crippen molar-refractivity contribution in [1.82, 2.24) is 4.90 Å². The Labute approximate surface area is 170 Å². The van der Waals surface area contributed by atoms with Crippen molar-refractivity contribution in [2.24, 2.45) is 0 Å². The van der Waals surface area contributed by atoms with Crippen molar-refractivity contribution in [2.75, 3.05) is 25.0 Å². The SMILES string of the molecule is CCCN(CC(=O)Nc1ccccc1C)C(=O)COC(=O)c1cc(C)ccc1O. The molecule has 2 rings (SSSR count). The van der Waals surface area contributed by atoms with Gasteiger partial charge < -0.3 is 20.1 Å². The van der Waals surface area contributed by atoms with Crippen molar-refractivity contribution in [1.29, 1.82) is 0 Å². The zero-order valence-corrected chi connectivity index (χ0v) is 16.9. The van der Waals surface area contributed by atoms with Crippen LogP contribution in [0.4, 0.5) is 5.69 Å². The lowest BCUT2D eigenvalue weighted by Crippen LogP contribution is -2.40. The van der Waals surface area contributed by atoms with E-state index in [1.165, 1.54) is 17.0 Å². The molecule has 154 valence electrons. The standard InChI is InChI=1S/C22H26N2O5/c1-4-11-24(13-20(26)23-18-8-6-5-7-16(18)3)21(27)14-29-22(28)17-12-15(2)9-10-19(17)25/h5-10,12,25H,4,11,13-14H2,1-3H3,(H,23,26). The molecule has 2 aromatic carbocycles. The number of benzene rings is 2. The number of anilines is 1. The van der Waals surface area contributed by atoms with Gasteiger partial charge in [-0.25, -0.2) is 4.79 Å². The lowest BCUT2D eigenvalue weighted by molar-refractivity contribution is -0.137. The Kier molecular flexibility index (Phi) is 7.77. The van der Waals surface area contributed by atoms with Gasteiger partial charge in [-0.15, -0.1) is 0 Å². The van der Waals surface area contributed by atoms with Gasteiger partial charge >= 0.3 is 5.97 Å². The summed E-state index contributed by atoms with van der Waals surface area (Å²) in [5, 5.41) is 12.6. The highest BCUT2D eigenvalue weighted by atomic mass is 16.5. The smallest absolute Gasteiger partial charge is 0.342 e. The number of esters is 1. The molecule has 7 nitrogen and oxygen atoms in total. The fourth-order valence-corrected chi connectivity index (χ4v) is 2.75. The summed E-state index contributed by atoms with van der Waals surface area (Å²) in [6.07, 6.45) is 0.649. The van der Waals surface area contributed by atoms with Crippen molar-refractivity contribution in [3.8, 4) is 5.75 Å². The highest BCUT2D eigenvalue weighted by Gasteiger charge is 2.20. The molecular formula is C22H26N2O5. The Morgan fingerprint density at radius 3 is 2.52 bits per heavy atom. The third-order valence-corrected chi connectivity index (χ3v) is 4.30. The molecule has 0 radical (unpaired) electrons. The molecule has 0 aliphatic carbocycles. The van der Waals surface area contributed by atoms with Gasteiger partial charge in [-0.3, -0.25) is 9.59 Å². The highest BCUT2D eigenvalue weighted by molar-refractivity contribution is 5.96. The quantitative estimate of drug-likeness (QED) is 0.667. The van der Waals surface area contributed by atoms with Crippen molar-refractivity contribution in [3.05, 3.63) is 59.2 Å². The molecule has 2 N–H and O–H groups in total. The molecular weight excluding hydrogens is 372 g/mol. The summed E-state index contributed by atoms with van der Waals surface area (Å²) in [5.74, 6) is -1.81. The predicted octanol–water partition coefficient (Wildman–Crippen LogP) is 3.04. The first-order chi connectivity index (χ1) is 13.8. The summed E-state index contributed by atoms with van der Waals surface area (Å²) >= 11 is 0. The molecule has 29 heavy (non-hydrogen) atoms. The summed E-state index contributed by atoms with van der Waals surface area (Å²) in [6, 6.07) is 11.9. The van der Waals surface area contributed by atoms with E-state index in [1.807, 2.05) is 32.0 Å². The van der Waals surface area contributed by atoms with Crippen molar-refractivity contribution >= 4 is 23.5 Å². The monoisotopic (exact) mass is 398 g/mol. The number of phenols is 1. The fraction of sp³-hybridized carbons (Fsp3) is 0.318. The lowest BCUT2D eigenvalue weighted by Gasteiger charge is -2.21. The molecule has 0 unspecified atom stereocenters. The van der Waals surface area contributed by atoms with Gasteiger partial charge in [0.1, 0.15) is 11.3 Å². The maximum atomic E-state index is 12.5. The van der Waals surface area contributed by atoms with Crippen LogP contribution in [0.1, 0.15) is 34.8 Å². The fourth-order valence-electron chi connectivity index (χ4n) is 2.75. The van der Waals surface area contributed by atoms with Crippen LogP contribution < -0.4 is 5.32 Å². The van der Waals surface area contributed by atoms with Crippen LogP contribution in [0, 0.1) is 13.8 Å². The number of hydrogen-bond acceptors (Lipinski definition) is 5. The van der Waals surface area contributed by atoms with Gasteiger partial charge in [0, 0.05) is 12.2 Å². The van der Waals surface area contributed by atoms with Crippen LogP contribution >= 0.6 is 0 Å². The molecule has 0 aliphatic rings. The van der Waals surface area contributed by atoms with Gasteiger partial charge in [0.15, 0.2) is 6.61 Å². The first kappa shape index (κ1) is 21.9. The molecule has 0 bridgehead atoms. The van der Waals surface area contributed by atoms with Crippen LogP contribution in [0.3, 0.4) is 0 Å². The number of amides is 2. The minimum absolute atomic E-state index is 0.00265. The molecule has 2 amide bonds. The average molecular weight is 398 g/mol. The van der Waals surface area contributed by atoms with E-state index in [4.69, 9.17) is 4.74 Å². The second-order valence-electron chi connectivity index (χ2n) is 6.78. The Balaban J connectivity index is 1.96. The van der Waals surface area contributed by atoms with Gasteiger partial charge in [-0.05, 0) is 44.0 Å². The van der Waals surface area contributed by atoms with Crippen LogP contribution in [0.25, 0.3) is 0 Å². The Hall–Kier alpha value is -3.35. The topological polar surface area (TPSA) is 95.9 Å². The van der Waals surface area contributed by atoms with Crippen LogP contribution in [0.15, 0.2) is 42.5 Å². The molecule has 0 saturated heterocycles. The van der Waals surface area contributed by atoms with E-state index >= 15 is 0 Å². The Morgan fingerprint density at radius 2 is 1.83 bits per heavy atom. The summed E-state index contributed by atoms with van der Waals surface area (Å²) in [7, 11) is 0. The van der Waals surface area contributed by atoms with Gasteiger partial charge in [0.2, 0.25) is 5.91 Å². The molecule has 0 heterocycles. The molecule has 2 aromatic rings. The lowest BCUT2D eigenvalue weighted by atomic mass is 10.1.